The summed E-state index contributed by atoms with van der Waals surface area (Å²) in [6, 6.07) is 4.27. The number of nitrogens with one attached hydrogen (secondary N) is 1. The van der Waals surface area contributed by atoms with Gasteiger partial charge in [-0.3, -0.25) is 0 Å². The molecule has 4 heteroatoms. The molecule has 0 heterocycles. The van der Waals surface area contributed by atoms with Crippen molar-refractivity contribution in [2.75, 3.05) is 6.61 Å². The normalized spacial score (nSPS) is 12.8. The molecule has 1 aromatic rings. The van der Waals surface area contributed by atoms with Crippen LogP contribution >= 0.6 is 0 Å². The molecule has 1 aromatic carbocycles. The van der Waals surface area contributed by atoms with E-state index in [9.17, 15) is 8.78 Å². The van der Waals surface area contributed by atoms with E-state index in [-0.39, 0.29) is 19.2 Å². The van der Waals surface area contributed by atoms with Crippen molar-refractivity contribution < 1.29 is 13.9 Å². The van der Waals surface area contributed by atoms with Gasteiger partial charge in [0.2, 0.25) is 0 Å². The Kier molecular flexibility index (Phi) is 5.35. The molecular weight excluding hydrogens is 212 g/mol. The fourth-order valence-corrected chi connectivity index (χ4v) is 1.55. The fraction of sp³-hybridized carbons (Fsp3) is 0.500. The van der Waals surface area contributed by atoms with Crippen molar-refractivity contribution in [1.82, 2.24) is 5.32 Å². The monoisotopic (exact) mass is 229 g/mol. The van der Waals surface area contributed by atoms with E-state index >= 15 is 0 Å². The van der Waals surface area contributed by atoms with Crippen molar-refractivity contribution in [2.45, 2.75) is 32.4 Å². The highest BCUT2D eigenvalue weighted by Crippen LogP contribution is 2.11. The van der Waals surface area contributed by atoms with E-state index in [0.717, 1.165) is 12.5 Å². The molecule has 2 nitrogen and oxygen atoms in total. The molecule has 0 bridgehead atoms. The molecule has 0 saturated heterocycles. The van der Waals surface area contributed by atoms with Gasteiger partial charge >= 0.3 is 0 Å². The Morgan fingerprint density at radius 2 is 2.12 bits per heavy atom. The summed E-state index contributed by atoms with van der Waals surface area (Å²) >= 11 is 0. The maximum atomic E-state index is 13.3. The standard InChI is InChI=1S/C12H17F2NO/c1-2-10(6-7-16)15-8-9-4-3-5-11(13)12(9)14/h3-5,10,15-16H,2,6-8H2,1H3. The van der Waals surface area contributed by atoms with Gasteiger partial charge in [0.15, 0.2) is 11.6 Å². The maximum Gasteiger partial charge on any atom is 0.163 e. The van der Waals surface area contributed by atoms with E-state index in [1.54, 1.807) is 6.07 Å². The van der Waals surface area contributed by atoms with Crippen LogP contribution in [0.1, 0.15) is 25.3 Å². The second-order valence-electron chi connectivity index (χ2n) is 3.71. The van der Waals surface area contributed by atoms with Gasteiger partial charge in [-0.05, 0) is 18.9 Å². The molecule has 16 heavy (non-hydrogen) atoms. The van der Waals surface area contributed by atoms with Gasteiger partial charge in [0, 0.05) is 24.8 Å². The Balaban J connectivity index is 2.56. The Morgan fingerprint density at radius 1 is 1.38 bits per heavy atom. The molecule has 0 radical (unpaired) electrons. The molecule has 1 unspecified atom stereocenters. The van der Waals surface area contributed by atoms with Crippen molar-refractivity contribution in [2.24, 2.45) is 0 Å². The van der Waals surface area contributed by atoms with Crippen LogP contribution in [0, 0.1) is 11.6 Å². The average molecular weight is 229 g/mol. The minimum absolute atomic E-state index is 0.0944. The summed E-state index contributed by atoms with van der Waals surface area (Å²) in [6.45, 7) is 2.36. The second kappa shape index (κ2) is 6.55. The van der Waals surface area contributed by atoms with Gasteiger partial charge in [-0.15, -0.1) is 0 Å². The van der Waals surface area contributed by atoms with E-state index in [1.165, 1.54) is 6.07 Å². The number of aliphatic hydroxyl groups is 1. The van der Waals surface area contributed by atoms with Crippen LogP contribution in [0.5, 0.6) is 0 Å². The highest BCUT2D eigenvalue weighted by molar-refractivity contribution is 5.18. The molecule has 0 saturated carbocycles. The van der Waals surface area contributed by atoms with Gasteiger partial charge in [0.25, 0.3) is 0 Å². The number of hydrogen-bond donors (Lipinski definition) is 2. The summed E-state index contributed by atoms with van der Waals surface area (Å²) in [4.78, 5) is 0. The first-order valence-electron chi connectivity index (χ1n) is 5.46. The molecule has 1 atom stereocenters. The number of halogens is 2. The third-order valence-electron chi connectivity index (χ3n) is 2.58. The second-order valence-corrected chi connectivity index (χ2v) is 3.71. The number of rotatable bonds is 6. The lowest BCUT2D eigenvalue weighted by atomic mass is 10.1. The summed E-state index contributed by atoms with van der Waals surface area (Å²) in [5, 5.41) is 11.9. The largest absolute Gasteiger partial charge is 0.396 e. The van der Waals surface area contributed by atoms with E-state index in [1.807, 2.05) is 6.92 Å². The van der Waals surface area contributed by atoms with Gasteiger partial charge in [0.1, 0.15) is 0 Å². The third-order valence-corrected chi connectivity index (χ3v) is 2.58. The summed E-state index contributed by atoms with van der Waals surface area (Å²) < 4.78 is 26.2. The molecule has 0 aliphatic carbocycles. The molecule has 1 rings (SSSR count). The molecule has 0 aliphatic rings. The van der Waals surface area contributed by atoms with E-state index < -0.39 is 11.6 Å². The molecular formula is C12H17F2NO. The molecule has 0 aromatic heterocycles. The zero-order valence-corrected chi connectivity index (χ0v) is 9.34. The quantitative estimate of drug-likeness (QED) is 0.784. The van der Waals surface area contributed by atoms with Gasteiger partial charge in [-0.2, -0.15) is 0 Å². The van der Waals surface area contributed by atoms with Crippen LogP contribution in [0.2, 0.25) is 0 Å². The molecule has 0 fully saturated rings. The Bertz CT molecular complexity index is 331. The van der Waals surface area contributed by atoms with Gasteiger partial charge in [0.05, 0.1) is 0 Å². The van der Waals surface area contributed by atoms with Crippen LogP contribution in [0.15, 0.2) is 18.2 Å². The van der Waals surface area contributed by atoms with Crippen LogP contribution in [-0.2, 0) is 6.54 Å². The highest BCUT2D eigenvalue weighted by Gasteiger charge is 2.09. The lowest BCUT2D eigenvalue weighted by Gasteiger charge is -2.15. The van der Waals surface area contributed by atoms with Crippen molar-refractivity contribution in [3.05, 3.63) is 35.4 Å². The Hall–Kier alpha value is -1.00. The van der Waals surface area contributed by atoms with Crippen molar-refractivity contribution in [3.8, 4) is 0 Å². The lowest BCUT2D eigenvalue weighted by Crippen LogP contribution is -2.29. The maximum absolute atomic E-state index is 13.3. The summed E-state index contributed by atoms with van der Waals surface area (Å²) in [5.41, 5.74) is 0.316. The molecule has 90 valence electrons. The van der Waals surface area contributed by atoms with E-state index in [4.69, 9.17) is 5.11 Å². The van der Waals surface area contributed by atoms with Crippen molar-refractivity contribution >= 4 is 0 Å². The zero-order valence-electron chi connectivity index (χ0n) is 9.34. The van der Waals surface area contributed by atoms with Gasteiger partial charge in [-0.1, -0.05) is 19.1 Å². The van der Waals surface area contributed by atoms with E-state index in [0.29, 0.717) is 12.0 Å². The Morgan fingerprint density at radius 3 is 2.75 bits per heavy atom. The zero-order chi connectivity index (χ0) is 12.0. The van der Waals surface area contributed by atoms with Crippen molar-refractivity contribution in [3.63, 3.8) is 0 Å². The molecule has 2 N–H and O–H groups in total. The summed E-state index contributed by atoms with van der Waals surface area (Å²) in [6.07, 6.45) is 1.46. The fourth-order valence-electron chi connectivity index (χ4n) is 1.55. The predicted octanol–water partition coefficient (Wildman–Crippen LogP) is 2.22. The summed E-state index contributed by atoms with van der Waals surface area (Å²) in [5.74, 6) is -1.62. The molecule has 0 spiro atoms. The van der Waals surface area contributed by atoms with Crippen LogP contribution in [-0.4, -0.2) is 17.8 Å². The lowest BCUT2D eigenvalue weighted by molar-refractivity contribution is 0.261. The number of benzene rings is 1. The molecule has 0 amide bonds. The predicted molar refractivity (Wildman–Crippen MR) is 59.0 cm³/mol. The van der Waals surface area contributed by atoms with Gasteiger partial charge < -0.3 is 10.4 Å². The van der Waals surface area contributed by atoms with Crippen LogP contribution in [0.3, 0.4) is 0 Å². The minimum atomic E-state index is -0.825. The van der Waals surface area contributed by atoms with Crippen LogP contribution < -0.4 is 5.32 Å². The van der Waals surface area contributed by atoms with Crippen LogP contribution in [0.25, 0.3) is 0 Å². The SMILES string of the molecule is CCC(CCO)NCc1cccc(F)c1F. The number of hydrogen-bond acceptors (Lipinski definition) is 2. The molecule has 0 aliphatic heterocycles. The Labute approximate surface area is 94.3 Å². The first-order valence-corrected chi connectivity index (χ1v) is 5.46. The first-order chi connectivity index (χ1) is 7.69. The van der Waals surface area contributed by atoms with E-state index in [2.05, 4.69) is 5.32 Å². The number of aliphatic hydroxyl groups excluding tert-OH is 1. The van der Waals surface area contributed by atoms with Crippen molar-refractivity contribution in [1.29, 1.82) is 0 Å². The smallest absolute Gasteiger partial charge is 0.163 e. The average Bonchev–Trinajstić information content (AvgIpc) is 2.29. The first kappa shape index (κ1) is 13.1. The summed E-state index contributed by atoms with van der Waals surface area (Å²) in [7, 11) is 0. The topological polar surface area (TPSA) is 32.3 Å². The minimum Gasteiger partial charge on any atom is -0.396 e. The third kappa shape index (κ3) is 3.54. The van der Waals surface area contributed by atoms with Gasteiger partial charge in [-0.25, -0.2) is 8.78 Å². The highest BCUT2D eigenvalue weighted by atomic mass is 19.2. The van der Waals surface area contributed by atoms with Crippen LogP contribution in [0.4, 0.5) is 8.78 Å².